The Morgan fingerprint density at radius 3 is 2.41 bits per heavy atom. The number of allylic oxidation sites excluding steroid dienone is 2. The van der Waals surface area contributed by atoms with Gasteiger partial charge in [-0.25, -0.2) is 0 Å². The topological polar surface area (TPSA) is 0 Å². The molecule has 0 saturated heterocycles. The van der Waals surface area contributed by atoms with Gasteiger partial charge in [-0.3, -0.25) is 0 Å². The SMILES string of the molecule is CCC(CCC(C)C1CCC2C3C=CC45CC4CCC5(C)C3CCC12C)C(C)C. The Hall–Kier alpha value is -0.260. The van der Waals surface area contributed by atoms with Crippen LogP contribution in [-0.4, -0.2) is 0 Å². The van der Waals surface area contributed by atoms with Crippen molar-refractivity contribution in [1.29, 1.82) is 0 Å². The predicted octanol–water partition coefficient (Wildman–Crippen LogP) is 8.52. The van der Waals surface area contributed by atoms with Gasteiger partial charge in [0.25, 0.3) is 0 Å². The van der Waals surface area contributed by atoms with Gasteiger partial charge in [0.05, 0.1) is 0 Å². The first-order chi connectivity index (χ1) is 13.8. The van der Waals surface area contributed by atoms with Crippen LogP contribution < -0.4 is 0 Å². The van der Waals surface area contributed by atoms with Gasteiger partial charge in [-0.15, -0.1) is 0 Å². The fourth-order valence-electron chi connectivity index (χ4n) is 10.2. The average Bonchev–Trinajstić information content (AvgIpc) is 3.16. The van der Waals surface area contributed by atoms with E-state index < -0.39 is 0 Å². The van der Waals surface area contributed by atoms with Crippen LogP contribution in [0.25, 0.3) is 0 Å². The fourth-order valence-corrected chi connectivity index (χ4v) is 10.2. The Balaban J connectivity index is 1.32. The van der Waals surface area contributed by atoms with Crippen molar-refractivity contribution in [1.82, 2.24) is 0 Å². The molecule has 0 heteroatoms. The van der Waals surface area contributed by atoms with Crippen LogP contribution in [0.1, 0.15) is 106 Å². The minimum atomic E-state index is 0.618. The molecule has 0 heterocycles. The molecule has 0 aromatic carbocycles. The predicted molar refractivity (Wildman–Crippen MR) is 125 cm³/mol. The van der Waals surface area contributed by atoms with Crippen molar-refractivity contribution in [3.8, 4) is 0 Å². The van der Waals surface area contributed by atoms with Crippen molar-refractivity contribution in [2.24, 2.45) is 63.6 Å². The molecule has 0 aromatic rings. The van der Waals surface area contributed by atoms with E-state index in [1.807, 2.05) is 0 Å². The third-order valence-corrected chi connectivity index (χ3v) is 12.2. The zero-order valence-electron chi connectivity index (χ0n) is 20.3. The van der Waals surface area contributed by atoms with Crippen molar-refractivity contribution in [2.75, 3.05) is 0 Å². The van der Waals surface area contributed by atoms with Crippen molar-refractivity contribution < 1.29 is 0 Å². The van der Waals surface area contributed by atoms with Crippen molar-refractivity contribution in [3.05, 3.63) is 12.2 Å². The molecule has 4 saturated carbocycles. The lowest BCUT2D eigenvalue weighted by molar-refractivity contribution is -0.0536. The molecular formula is C29H48. The largest absolute Gasteiger partial charge is 0.0842 e. The van der Waals surface area contributed by atoms with E-state index in [2.05, 4.69) is 53.7 Å². The molecule has 4 fully saturated rings. The summed E-state index contributed by atoms with van der Waals surface area (Å²) >= 11 is 0. The third kappa shape index (κ3) is 2.75. The van der Waals surface area contributed by atoms with E-state index in [9.17, 15) is 0 Å². The first-order valence-corrected chi connectivity index (χ1v) is 13.5. The van der Waals surface area contributed by atoms with Crippen LogP contribution >= 0.6 is 0 Å². The molecule has 29 heavy (non-hydrogen) atoms. The van der Waals surface area contributed by atoms with E-state index in [-0.39, 0.29) is 0 Å². The summed E-state index contributed by atoms with van der Waals surface area (Å²) in [5, 5.41) is 0. The molecule has 10 unspecified atom stereocenters. The number of hydrogen-bond donors (Lipinski definition) is 0. The molecule has 0 amide bonds. The lowest BCUT2D eigenvalue weighted by Gasteiger charge is -2.57. The maximum absolute atomic E-state index is 2.79. The van der Waals surface area contributed by atoms with Crippen molar-refractivity contribution in [2.45, 2.75) is 106 Å². The van der Waals surface area contributed by atoms with Gasteiger partial charge in [-0.1, -0.05) is 66.5 Å². The summed E-state index contributed by atoms with van der Waals surface area (Å²) in [5.41, 5.74) is 1.92. The molecule has 10 atom stereocenters. The Labute approximate surface area is 181 Å². The zero-order valence-corrected chi connectivity index (χ0v) is 20.3. The van der Waals surface area contributed by atoms with Gasteiger partial charge in [0, 0.05) is 0 Å². The quantitative estimate of drug-likeness (QED) is 0.395. The molecule has 5 rings (SSSR count). The Morgan fingerprint density at radius 2 is 1.72 bits per heavy atom. The highest BCUT2D eigenvalue weighted by Crippen LogP contribution is 2.80. The van der Waals surface area contributed by atoms with Gasteiger partial charge < -0.3 is 0 Å². The molecule has 1 spiro atoms. The number of hydrogen-bond acceptors (Lipinski definition) is 0. The minimum Gasteiger partial charge on any atom is -0.0842 e. The smallest absolute Gasteiger partial charge is 0.00300 e. The molecule has 164 valence electrons. The monoisotopic (exact) mass is 396 g/mol. The summed E-state index contributed by atoms with van der Waals surface area (Å²) in [6.45, 7) is 15.3. The van der Waals surface area contributed by atoms with Crippen molar-refractivity contribution in [3.63, 3.8) is 0 Å². The molecule has 0 N–H and O–H groups in total. The van der Waals surface area contributed by atoms with E-state index in [4.69, 9.17) is 0 Å². The van der Waals surface area contributed by atoms with Gasteiger partial charge in [0.2, 0.25) is 0 Å². The molecule has 5 aliphatic carbocycles. The first-order valence-electron chi connectivity index (χ1n) is 13.5. The summed E-state index contributed by atoms with van der Waals surface area (Å²) in [6, 6.07) is 0. The van der Waals surface area contributed by atoms with Crippen molar-refractivity contribution >= 4 is 0 Å². The molecule has 0 bridgehead atoms. The van der Waals surface area contributed by atoms with E-state index in [0.717, 1.165) is 47.3 Å². The van der Waals surface area contributed by atoms with E-state index >= 15 is 0 Å². The normalized spacial score (nSPS) is 51.9. The molecule has 5 aliphatic rings. The highest BCUT2D eigenvalue weighted by molar-refractivity contribution is 5.32. The van der Waals surface area contributed by atoms with Crippen LogP contribution in [-0.2, 0) is 0 Å². The second-order valence-corrected chi connectivity index (χ2v) is 13.2. The molecule has 0 aliphatic heterocycles. The van der Waals surface area contributed by atoms with Crippen LogP contribution in [0.3, 0.4) is 0 Å². The Bertz CT molecular complexity index is 659. The standard InChI is InChI=1S/C29H48/c1-7-21(19(2)3)9-8-20(4)24-10-11-25-23-13-17-29-18-22(29)12-16-28(29,6)26(23)14-15-27(24,25)5/h13,17,19-26H,7-12,14-16,18H2,1-6H3. The van der Waals surface area contributed by atoms with Gasteiger partial charge >= 0.3 is 0 Å². The Morgan fingerprint density at radius 1 is 0.931 bits per heavy atom. The van der Waals surface area contributed by atoms with Crippen LogP contribution in [0.2, 0.25) is 0 Å². The first kappa shape index (κ1) is 20.6. The zero-order chi connectivity index (χ0) is 20.6. The highest BCUT2D eigenvalue weighted by atomic mass is 14.8. The minimum absolute atomic E-state index is 0.618. The number of rotatable bonds is 6. The van der Waals surface area contributed by atoms with Gasteiger partial charge in [-0.05, 0) is 115 Å². The average molecular weight is 397 g/mol. The summed E-state index contributed by atoms with van der Waals surface area (Å²) < 4.78 is 0. The van der Waals surface area contributed by atoms with Gasteiger partial charge in [-0.2, -0.15) is 0 Å². The highest BCUT2D eigenvalue weighted by Gasteiger charge is 2.72. The maximum atomic E-state index is 2.79. The van der Waals surface area contributed by atoms with E-state index in [1.165, 1.54) is 64.2 Å². The number of fused-ring (bicyclic) bond motifs is 4. The van der Waals surface area contributed by atoms with E-state index in [1.54, 1.807) is 0 Å². The summed E-state index contributed by atoms with van der Waals surface area (Å²) in [4.78, 5) is 0. The third-order valence-electron chi connectivity index (χ3n) is 12.2. The van der Waals surface area contributed by atoms with Crippen LogP contribution in [0, 0.1) is 63.6 Å². The molecular weight excluding hydrogens is 348 g/mol. The van der Waals surface area contributed by atoms with E-state index in [0.29, 0.717) is 16.2 Å². The lowest BCUT2D eigenvalue weighted by atomic mass is 9.47. The molecule has 0 radical (unpaired) electrons. The van der Waals surface area contributed by atoms with Gasteiger partial charge in [0.1, 0.15) is 0 Å². The maximum Gasteiger partial charge on any atom is -0.00300 e. The molecule has 0 aromatic heterocycles. The summed E-state index contributed by atoms with van der Waals surface area (Å²) in [5.74, 6) is 7.62. The summed E-state index contributed by atoms with van der Waals surface area (Å²) in [7, 11) is 0. The van der Waals surface area contributed by atoms with Gasteiger partial charge in [0.15, 0.2) is 0 Å². The van der Waals surface area contributed by atoms with Crippen LogP contribution in [0.15, 0.2) is 12.2 Å². The molecule has 0 nitrogen and oxygen atoms in total. The lowest BCUT2D eigenvalue weighted by Crippen LogP contribution is -2.50. The Kier molecular flexibility index (Phi) is 4.89. The summed E-state index contributed by atoms with van der Waals surface area (Å²) in [6.07, 6.45) is 20.5. The van der Waals surface area contributed by atoms with Crippen LogP contribution in [0.4, 0.5) is 0 Å². The second kappa shape index (κ2) is 6.87. The van der Waals surface area contributed by atoms with Crippen LogP contribution in [0.5, 0.6) is 0 Å². The fraction of sp³-hybridized carbons (Fsp3) is 0.931. The second-order valence-electron chi connectivity index (χ2n) is 13.2.